The number of ketones is 1. The van der Waals surface area contributed by atoms with Crippen LogP contribution in [-0.2, 0) is 9.53 Å². The Balaban J connectivity index is 2.36. The fourth-order valence-corrected chi connectivity index (χ4v) is 1.57. The van der Waals surface area contributed by atoms with Gasteiger partial charge in [0.15, 0.2) is 0 Å². The minimum Gasteiger partial charge on any atom is -0.446 e. The van der Waals surface area contributed by atoms with E-state index < -0.39 is 6.09 Å². The Morgan fingerprint density at radius 3 is 2.77 bits per heavy atom. The Kier molecular flexibility index (Phi) is 3.73. The van der Waals surface area contributed by atoms with Crippen molar-refractivity contribution in [2.45, 2.75) is 44.6 Å². The molecule has 1 unspecified atom stereocenters. The van der Waals surface area contributed by atoms with Crippen molar-refractivity contribution in [1.82, 2.24) is 0 Å². The molecule has 0 radical (unpaired) electrons. The van der Waals surface area contributed by atoms with Crippen LogP contribution in [0.1, 0.15) is 38.5 Å². The molecule has 1 rings (SSSR count). The molecule has 0 aromatic carbocycles. The molecule has 1 atom stereocenters. The third-order valence-electron chi connectivity index (χ3n) is 2.26. The highest BCUT2D eigenvalue weighted by atomic mass is 16.6. The maximum Gasteiger partial charge on any atom is 0.404 e. The first-order chi connectivity index (χ1) is 6.18. The lowest BCUT2D eigenvalue weighted by atomic mass is 9.98. The Morgan fingerprint density at radius 1 is 1.31 bits per heavy atom. The summed E-state index contributed by atoms with van der Waals surface area (Å²) in [4.78, 5) is 21.6. The number of ether oxygens (including phenoxy) is 1. The number of amides is 1. The third kappa shape index (κ3) is 3.92. The Labute approximate surface area is 77.4 Å². The van der Waals surface area contributed by atoms with E-state index in [1.165, 1.54) is 0 Å². The topological polar surface area (TPSA) is 69.4 Å². The van der Waals surface area contributed by atoms with Crippen molar-refractivity contribution in [3.8, 4) is 0 Å². The predicted octanol–water partition coefficient (Wildman–Crippen LogP) is 1.37. The van der Waals surface area contributed by atoms with Gasteiger partial charge in [0.1, 0.15) is 11.9 Å². The number of rotatable bonds is 1. The summed E-state index contributed by atoms with van der Waals surface area (Å²) in [5.74, 6) is 0.262. The highest BCUT2D eigenvalue weighted by Crippen LogP contribution is 2.17. The van der Waals surface area contributed by atoms with Crippen LogP contribution >= 0.6 is 0 Å². The van der Waals surface area contributed by atoms with Crippen molar-refractivity contribution < 1.29 is 14.3 Å². The van der Waals surface area contributed by atoms with Crippen LogP contribution in [0.5, 0.6) is 0 Å². The minimum atomic E-state index is -0.738. The van der Waals surface area contributed by atoms with Crippen LogP contribution in [0.2, 0.25) is 0 Å². The lowest BCUT2D eigenvalue weighted by molar-refractivity contribution is -0.120. The van der Waals surface area contributed by atoms with Gasteiger partial charge >= 0.3 is 6.09 Å². The molecule has 1 amide bonds. The summed E-state index contributed by atoms with van der Waals surface area (Å²) in [6.07, 6.45) is 3.58. The van der Waals surface area contributed by atoms with Gasteiger partial charge in [-0.15, -0.1) is 0 Å². The fraction of sp³-hybridized carbons (Fsp3) is 0.778. The SMILES string of the molecule is NC(=O)OC1CCCCC(=O)CC1. The molecule has 74 valence electrons. The molecule has 13 heavy (non-hydrogen) atoms. The van der Waals surface area contributed by atoms with Gasteiger partial charge in [-0.1, -0.05) is 0 Å². The Morgan fingerprint density at radius 2 is 2.08 bits per heavy atom. The highest BCUT2D eigenvalue weighted by Gasteiger charge is 2.17. The second-order valence-corrected chi connectivity index (χ2v) is 3.38. The summed E-state index contributed by atoms with van der Waals surface area (Å²) in [5, 5.41) is 0. The first kappa shape index (κ1) is 10.0. The summed E-state index contributed by atoms with van der Waals surface area (Å²) in [5.41, 5.74) is 4.90. The fourth-order valence-electron chi connectivity index (χ4n) is 1.57. The Bertz CT molecular complexity index is 203. The minimum absolute atomic E-state index is 0.151. The lowest BCUT2D eigenvalue weighted by Gasteiger charge is -2.18. The molecule has 1 saturated carbocycles. The summed E-state index contributed by atoms with van der Waals surface area (Å²) in [6.45, 7) is 0. The van der Waals surface area contributed by atoms with Gasteiger partial charge in [-0.25, -0.2) is 4.79 Å². The average molecular weight is 185 g/mol. The molecule has 1 aliphatic rings. The van der Waals surface area contributed by atoms with Crippen LogP contribution in [-0.4, -0.2) is 18.0 Å². The van der Waals surface area contributed by atoms with E-state index in [2.05, 4.69) is 0 Å². The van der Waals surface area contributed by atoms with E-state index in [-0.39, 0.29) is 11.9 Å². The van der Waals surface area contributed by atoms with Gasteiger partial charge in [0.05, 0.1) is 0 Å². The van der Waals surface area contributed by atoms with E-state index in [1.54, 1.807) is 0 Å². The van der Waals surface area contributed by atoms with E-state index in [9.17, 15) is 9.59 Å². The number of carbonyl (C=O) groups is 2. The summed E-state index contributed by atoms with van der Waals surface area (Å²) in [7, 11) is 0. The molecule has 0 heterocycles. The van der Waals surface area contributed by atoms with Gasteiger partial charge in [0.25, 0.3) is 0 Å². The maximum absolute atomic E-state index is 11.1. The van der Waals surface area contributed by atoms with Crippen molar-refractivity contribution in [2.75, 3.05) is 0 Å². The van der Waals surface area contributed by atoms with Gasteiger partial charge in [0, 0.05) is 12.8 Å². The number of nitrogens with two attached hydrogens (primary N) is 1. The van der Waals surface area contributed by atoms with Crippen LogP contribution < -0.4 is 5.73 Å². The van der Waals surface area contributed by atoms with Crippen LogP contribution in [0.15, 0.2) is 0 Å². The molecule has 0 aromatic heterocycles. The molecule has 0 aliphatic heterocycles. The normalized spacial score (nSPS) is 24.6. The van der Waals surface area contributed by atoms with Crippen molar-refractivity contribution >= 4 is 11.9 Å². The monoisotopic (exact) mass is 185 g/mol. The summed E-state index contributed by atoms with van der Waals surface area (Å²) in [6, 6.07) is 0. The largest absolute Gasteiger partial charge is 0.446 e. The zero-order valence-electron chi connectivity index (χ0n) is 7.62. The number of carbonyl (C=O) groups excluding carboxylic acids is 2. The van der Waals surface area contributed by atoms with Crippen LogP contribution in [0.4, 0.5) is 4.79 Å². The van der Waals surface area contributed by atoms with Gasteiger partial charge in [-0.2, -0.15) is 0 Å². The van der Waals surface area contributed by atoms with Crippen LogP contribution in [0.25, 0.3) is 0 Å². The van der Waals surface area contributed by atoms with E-state index in [0.717, 1.165) is 19.3 Å². The molecule has 4 nitrogen and oxygen atoms in total. The predicted molar refractivity (Wildman–Crippen MR) is 47.2 cm³/mol. The average Bonchev–Trinajstić information content (AvgIpc) is 2.03. The van der Waals surface area contributed by atoms with Crippen LogP contribution in [0.3, 0.4) is 0 Å². The van der Waals surface area contributed by atoms with Gasteiger partial charge < -0.3 is 10.5 Å². The molecule has 0 spiro atoms. The van der Waals surface area contributed by atoms with E-state index in [4.69, 9.17) is 10.5 Å². The molecular weight excluding hydrogens is 170 g/mol. The van der Waals surface area contributed by atoms with Gasteiger partial charge in [-0.05, 0) is 25.7 Å². The number of Topliss-reactive ketones (excluding diaryl/α,β-unsaturated/α-hetero) is 1. The second kappa shape index (κ2) is 4.84. The smallest absolute Gasteiger partial charge is 0.404 e. The molecular formula is C9H15NO3. The van der Waals surface area contributed by atoms with Gasteiger partial charge in [-0.3, -0.25) is 4.79 Å². The zero-order chi connectivity index (χ0) is 9.68. The lowest BCUT2D eigenvalue weighted by Crippen LogP contribution is -2.24. The first-order valence-electron chi connectivity index (χ1n) is 4.66. The van der Waals surface area contributed by atoms with Crippen molar-refractivity contribution in [2.24, 2.45) is 5.73 Å². The number of hydrogen-bond acceptors (Lipinski definition) is 3. The molecule has 0 aromatic rings. The van der Waals surface area contributed by atoms with Crippen molar-refractivity contribution in [3.05, 3.63) is 0 Å². The van der Waals surface area contributed by atoms with E-state index >= 15 is 0 Å². The standard InChI is InChI=1S/C9H15NO3/c10-9(12)13-8-4-2-1-3-7(11)5-6-8/h8H,1-6H2,(H2,10,12). The van der Waals surface area contributed by atoms with E-state index in [0.29, 0.717) is 19.3 Å². The van der Waals surface area contributed by atoms with Gasteiger partial charge in [0.2, 0.25) is 0 Å². The summed E-state index contributed by atoms with van der Waals surface area (Å²) < 4.78 is 4.86. The first-order valence-corrected chi connectivity index (χ1v) is 4.66. The van der Waals surface area contributed by atoms with E-state index in [1.807, 2.05) is 0 Å². The van der Waals surface area contributed by atoms with Crippen molar-refractivity contribution in [1.29, 1.82) is 0 Å². The summed E-state index contributed by atoms with van der Waals surface area (Å²) >= 11 is 0. The molecule has 0 bridgehead atoms. The Hall–Kier alpha value is -1.06. The number of hydrogen-bond donors (Lipinski definition) is 1. The number of primary amides is 1. The maximum atomic E-state index is 11.1. The molecule has 2 N–H and O–H groups in total. The molecule has 4 heteroatoms. The molecule has 1 fully saturated rings. The highest BCUT2D eigenvalue weighted by molar-refractivity contribution is 5.78. The van der Waals surface area contributed by atoms with Crippen molar-refractivity contribution in [3.63, 3.8) is 0 Å². The van der Waals surface area contributed by atoms with Crippen LogP contribution in [0, 0.1) is 0 Å². The molecule has 1 aliphatic carbocycles. The zero-order valence-corrected chi connectivity index (χ0v) is 7.62. The third-order valence-corrected chi connectivity index (χ3v) is 2.26. The quantitative estimate of drug-likeness (QED) is 0.670. The molecule has 0 saturated heterocycles. The second-order valence-electron chi connectivity index (χ2n) is 3.38.